The summed E-state index contributed by atoms with van der Waals surface area (Å²) in [6.07, 6.45) is -1.07. The van der Waals surface area contributed by atoms with Crippen LogP contribution < -0.4 is 19.1 Å². The molecule has 1 amide bonds. The summed E-state index contributed by atoms with van der Waals surface area (Å²) in [6, 6.07) is 19.2. The number of ether oxygens (including phenoxy) is 2. The van der Waals surface area contributed by atoms with E-state index in [0.29, 0.717) is 17.2 Å². The maximum atomic E-state index is 13.4. The van der Waals surface area contributed by atoms with Gasteiger partial charge in [-0.25, -0.2) is 21.1 Å². The van der Waals surface area contributed by atoms with Gasteiger partial charge in [0.1, 0.15) is 18.1 Å². The van der Waals surface area contributed by atoms with Crippen LogP contribution in [0.25, 0.3) is 0 Å². The zero-order valence-electron chi connectivity index (χ0n) is 21.2. The van der Waals surface area contributed by atoms with Crippen LogP contribution in [0.5, 0.6) is 11.5 Å². The first-order valence-corrected chi connectivity index (χ1v) is 14.7. The molecule has 3 aromatic carbocycles. The lowest BCUT2D eigenvalue weighted by Crippen LogP contribution is -2.51. The highest BCUT2D eigenvalue weighted by atomic mass is 32.2. The van der Waals surface area contributed by atoms with E-state index in [1.54, 1.807) is 36.4 Å². The van der Waals surface area contributed by atoms with Gasteiger partial charge < -0.3 is 14.8 Å². The van der Waals surface area contributed by atoms with Crippen molar-refractivity contribution >= 4 is 31.6 Å². The van der Waals surface area contributed by atoms with Crippen LogP contribution in [0.3, 0.4) is 0 Å². The van der Waals surface area contributed by atoms with Crippen LogP contribution in [-0.2, 0) is 24.8 Å². The zero-order chi connectivity index (χ0) is 27.5. The highest BCUT2D eigenvalue weighted by Gasteiger charge is 2.37. The first-order chi connectivity index (χ1) is 18.0. The molecule has 0 saturated carbocycles. The molecule has 38 heavy (non-hydrogen) atoms. The number of rotatable bonds is 9. The number of amides is 1. The van der Waals surface area contributed by atoms with Crippen LogP contribution >= 0.6 is 0 Å². The summed E-state index contributed by atoms with van der Waals surface area (Å²) in [5.41, 5.74) is 1.29. The number of benzene rings is 3. The summed E-state index contributed by atoms with van der Waals surface area (Å²) < 4.78 is 65.0. The molecule has 202 valence electrons. The maximum absolute atomic E-state index is 13.4. The number of carbonyl (C=O) groups excluding carboxylic acids is 1. The molecular weight excluding hydrogens is 530 g/mol. The summed E-state index contributed by atoms with van der Waals surface area (Å²) >= 11 is 0. The number of nitrogens with zero attached hydrogens (tertiary/aromatic N) is 2. The van der Waals surface area contributed by atoms with Crippen molar-refractivity contribution in [3.8, 4) is 11.5 Å². The number of hydrogen-bond donors (Lipinski definition) is 1. The Morgan fingerprint density at radius 2 is 1.61 bits per heavy atom. The Labute approximate surface area is 222 Å². The normalized spacial score (nSPS) is 15.5. The van der Waals surface area contributed by atoms with E-state index in [1.165, 1.54) is 54.8 Å². The van der Waals surface area contributed by atoms with Crippen LogP contribution in [0.2, 0.25) is 0 Å². The topological polar surface area (TPSA) is 122 Å². The van der Waals surface area contributed by atoms with E-state index < -0.39 is 32.1 Å². The second-order valence-corrected chi connectivity index (χ2v) is 12.8. The van der Waals surface area contributed by atoms with Crippen molar-refractivity contribution < 1.29 is 31.1 Å². The van der Waals surface area contributed by atoms with Crippen molar-refractivity contribution in [2.24, 2.45) is 0 Å². The molecule has 0 spiro atoms. The number of hydrogen-bond acceptors (Lipinski definition) is 7. The van der Waals surface area contributed by atoms with Crippen molar-refractivity contribution in [2.45, 2.75) is 22.8 Å². The molecule has 1 N–H and O–H groups in total. The molecule has 0 aliphatic carbocycles. The third-order valence-electron chi connectivity index (χ3n) is 5.91. The lowest BCUT2D eigenvalue weighted by atomic mass is 10.2. The fourth-order valence-electron chi connectivity index (χ4n) is 3.78. The lowest BCUT2D eigenvalue weighted by Gasteiger charge is -2.34. The number of fused-ring (bicyclic) bond motifs is 1. The second-order valence-electron chi connectivity index (χ2n) is 8.82. The number of sulfonamides is 2. The van der Waals surface area contributed by atoms with Crippen molar-refractivity contribution in [3.05, 3.63) is 78.4 Å². The summed E-state index contributed by atoms with van der Waals surface area (Å²) in [7, 11) is -4.57. The molecule has 0 saturated heterocycles. The highest BCUT2D eigenvalue weighted by molar-refractivity contribution is 7.92. The number of para-hydroxylation sites is 2. The van der Waals surface area contributed by atoms with Crippen molar-refractivity contribution in [1.29, 1.82) is 0 Å². The SMILES string of the molecule is Cc1ccc(S(=O)(=O)N2C[C@H](C(=O)NCCOc3ccc(S(=O)(=O)N(C)C)cc3)Oc3ccccc32)cc1. The van der Waals surface area contributed by atoms with Crippen LogP contribution in [-0.4, -0.2) is 66.9 Å². The summed E-state index contributed by atoms with van der Waals surface area (Å²) in [5, 5.41) is 2.71. The van der Waals surface area contributed by atoms with Gasteiger partial charge in [-0.2, -0.15) is 0 Å². The molecule has 1 atom stereocenters. The van der Waals surface area contributed by atoms with Gasteiger partial charge in [0, 0.05) is 14.1 Å². The van der Waals surface area contributed by atoms with E-state index >= 15 is 0 Å². The molecule has 3 aromatic rings. The Kier molecular flexibility index (Phi) is 7.95. The number of nitrogens with one attached hydrogen (secondary N) is 1. The zero-order valence-corrected chi connectivity index (χ0v) is 22.8. The van der Waals surface area contributed by atoms with E-state index in [4.69, 9.17) is 9.47 Å². The first-order valence-electron chi connectivity index (χ1n) is 11.8. The third kappa shape index (κ3) is 5.77. The second kappa shape index (κ2) is 11.0. The Hall–Kier alpha value is -3.61. The molecular formula is C26H29N3O7S2. The minimum Gasteiger partial charge on any atom is -0.492 e. The van der Waals surface area contributed by atoms with E-state index in [0.717, 1.165) is 9.87 Å². The van der Waals surface area contributed by atoms with Crippen LogP contribution in [0.1, 0.15) is 5.56 Å². The Balaban J connectivity index is 1.39. The fourth-order valence-corrected chi connectivity index (χ4v) is 6.16. The van der Waals surface area contributed by atoms with Crippen molar-refractivity contribution in [2.75, 3.05) is 38.1 Å². The van der Waals surface area contributed by atoms with Gasteiger partial charge in [-0.1, -0.05) is 29.8 Å². The van der Waals surface area contributed by atoms with Gasteiger partial charge in [0.2, 0.25) is 10.0 Å². The number of anilines is 1. The third-order valence-corrected chi connectivity index (χ3v) is 9.53. The average molecular weight is 560 g/mol. The van der Waals surface area contributed by atoms with Gasteiger partial charge in [-0.3, -0.25) is 9.10 Å². The minimum atomic E-state index is -3.94. The lowest BCUT2D eigenvalue weighted by molar-refractivity contribution is -0.127. The highest BCUT2D eigenvalue weighted by Crippen LogP contribution is 2.36. The van der Waals surface area contributed by atoms with E-state index in [9.17, 15) is 21.6 Å². The fraction of sp³-hybridized carbons (Fsp3) is 0.269. The molecule has 1 aliphatic rings. The monoisotopic (exact) mass is 559 g/mol. The molecule has 0 unspecified atom stereocenters. The molecule has 4 rings (SSSR count). The van der Waals surface area contributed by atoms with E-state index in [2.05, 4.69) is 5.32 Å². The molecule has 0 bridgehead atoms. The molecule has 0 aromatic heterocycles. The van der Waals surface area contributed by atoms with Crippen LogP contribution in [0, 0.1) is 6.92 Å². The van der Waals surface area contributed by atoms with E-state index in [1.807, 2.05) is 6.92 Å². The minimum absolute atomic E-state index is 0.111. The van der Waals surface area contributed by atoms with Gasteiger partial charge in [0.25, 0.3) is 15.9 Å². The Morgan fingerprint density at radius 1 is 0.974 bits per heavy atom. The predicted molar refractivity (Wildman–Crippen MR) is 142 cm³/mol. The van der Waals surface area contributed by atoms with Gasteiger partial charge >= 0.3 is 0 Å². The predicted octanol–water partition coefficient (Wildman–Crippen LogP) is 2.40. The van der Waals surface area contributed by atoms with Crippen LogP contribution in [0.4, 0.5) is 5.69 Å². The molecule has 0 radical (unpaired) electrons. The van der Waals surface area contributed by atoms with Gasteiger partial charge in [0.15, 0.2) is 6.10 Å². The van der Waals surface area contributed by atoms with E-state index in [-0.39, 0.29) is 29.5 Å². The van der Waals surface area contributed by atoms with Gasteiger partial charge in [-0.05, 0) is 55.5 Å². The summed E-state index contributed by atoms with van der Waals surface area (Å²) in [5.74, 6) is 0.244. The molecule has 1 aliphatic heterocycles. The van der Waals surface area contributed by atoms with Gasteiger partial charge in [-0.15, -0.1) is 0 Å². The summed E-state index contributed by atoms with van der Waals surface area (Å²) in [4.78, 5) is 13.2. The number of carbonyl (C=O) groups is 1. The molecule has 0 fully saturated rings. The first kappa shape index (κ1) is 27.4. The maximum Gasteiger partial charge on any atom is 0.264 e. The number of aryl methyl sites for hydroxylation is 1. The van der Waals surface area contributed by atoms with Gasteiger partial charge in [0.05, 0.1) is 28.6 Å². The van der Waals surface area contributed by atoms with Crippen molar-refractivity contribution in [3.63, 3.8) is 0 Å². The average Bonchev–Trinajstić information content (AvgIpc) is 2.90. The largest absolute Gasteiger partial charge is 0.492 e. The summed E-state index contributed by atoms with van der Waals surface area (Å²) in [6.45, 7) is 1.92. The Morgan fingerprint density at radius 3 is 2.26 bits per heavy atom. The Bertz CT molecular complexity index is 1510. The standard InChI is InChI=1S/C26H29N3O7S2/c1-19-8-12-22(13-9-19)38(33,34)29-18-25(36-24-7-5-4-6-23(24)29)26(30)27-16-17-35-20-10-14-21(15-11-20)37(31,32)28(2)3/h4-15,25H,16-18H2,1-3H3,(H,27,30)/t25-/m1/s1. The quantitative estimate of drug-likeness (QED) is 0.400. The molecule has 10 nitrogen and oxygen atoms in total. The molecule has 1 heterocycles. The van der Waals surface area contributed by atoms with Crippen LogP contribution in [0.15, 0.2) is 82.6 Å². The van der Waals surface area contributed by atoms with Crippen molar-refractivity contribution in [1.82, 2.24) is 9.62 Å². The molecule has 12 heteroatoms. The smallest absolute Gasteiger partial charge is 0.264 e.